The normalized spacial score (nSPS) is 28.0. The van der Waals surface area contributed by atoms with Gasteiger partial charge < -0.3 is 10.6 Å². The van der Waals surface area contributed by atoms with Gasteiger partial charge in [-0.15, -0.1) is 24.0 Å². The van der Waals surface area contributed by atoms with Crippen LogP contribution in [0.15, 0.2) is 17.3 Å². The number of piperidine rings is 1. The van der Waals surface area contributed by atoms with E-state index in [-0.39, 0.29) is 24.0 Å². The van der Waals surface area contributed by atoms with Gasteiger partial charge in [0.2, 0.25) is 0 Å². The summed E-state index contributed by atoms with van der Waals surface area (Å²) in [6.45, 7) is 4.10. The second-order valence-electron chi connectivity index (χ2n) is 7.49. The van der Waals surface area contributed by atoms with Crippen molar-refractivity contribution in [2.75, 3.05) is 37.7 Å². The monoisotopic (exact) mass is 490 g/mol. The highest BCUT2D eigenvalue weighted by molar-refractivity contribution is 14.0. The molecule has 0 spiro atoms. The van der Waals surface area contributed by atoms with Crippen LogP contribution in [-0.4, -0.2) is 69.3 Å². The first kappa shape index (κ1) is 20.3. The number of nitrogens with zero attached hydrogens (tertiary/aromatic N) is 5. The number of likely N-dealkylation sites (tertiary alicyclic amines) is 1. The number of halogens is 1. The lowest BCUT2D eigenvalue weighted by Gasteiger charge is -2.41. The molecule has 2 atom stereocenters. The van der Waals surface area contributed by atoms with E-state index in [1.165, 1.54) is 37.9 Å². The van der Waals surface area contributed by atoms with Crippen LogP contribution in [0.1, 0.15) is 37.4 Å². The fourth-order valence-electron chi connectivity index (χ4n) is 4.30. The number of aromatic nitrogens is 2. The van der Waals surface area contributed by atoms with Crippen molar-refractivity contribution in [3.8, 4) is 0 Å². The molecule has 6 nitrogen and oxygen atoms in total. The lowest BCUT2D eigenvalue weighted by atomic mass is 9.86. The quantitative estimate of drug-likeness (QED) is 0.399. The van der Waals surface area contributed by atoms with Crippen molar-refractivity contribution < 1.29 is 0 Å². The van der Waals surface area contributed by atoms with Crippen molar-refractivity contribution in [1.29, 1.82) is 0 Å². The van der Waals surface area contributed by atoms with Crippen LogP contribution in [-0.2, 0) is 7.05 Å². The summed E-state index contributed by atoms with van der Waals surface area (Å²) in [4.78, 5) is 9.79. The number of guanidine groups is 1. The highest BCUT2D eigenvalue weighted by Gasteiger charge is 2.41. The molecule has 0 aromatic carbocycles. The number of aliphatic imine (C=N–C) groups is 1. The SMILES string of the molecule is Cn1nccc1[C@H]1[C@H](CN=C(N)N2CCSCC2)CCCN1C1CC1.I. The maximum atomic E-state index is 6.30. The zero-order valence-corrected chi connectivity index (χ0v) is 18.7. The molecule has 1 aliphatic carbocycles. The van der Waals surface area contributed by atoms with Gasteiger partial charge in [0, 0.05) is 50.4 Å². The van der Waals surface area contributed by atoms with Crippen LogP contribution in [0.5, 0.6) is 0 Å². The largest absolute Gasteiger partial charge is 0.370 e. The summed E-state index contributed by atoms with van der Waals surface area (Å²) in [6, 6.07) is 3.39. The van der Waals surface area contributed by atoms with Gasteiger partial charge in [-0.2, -0.15) is 16.9 Å². The standard InChI is InChI=1S/C18H30N6S.HI/c1-22-16(6-7-21-22)17-14(3-2-8-24(17)15-4-5-15)13-20-18(19)23-9-11-25-12-10-23;/h6-7,14-15,17H,2-5,8-13H2,1H3,(H2,19,20);1H/t14-,17+;/m0./s1. The summed E-state index contributed by atoms with van der Waals surface area (Å²) in [5, 5.41) is 4.43. The van der Waals surface area contributed by atoms with Gasteiger partial charge >= 0.3 is 0 Å². The summed E-state index contributed by atoms with van der Waals surface area (Å²) < 4.78 is 2.05. The fraction of sp³-hybridized carbons (Fsp3) is 0.778. The summed E-state index contributed by atoms with van der Waals surface area (Å²) in [5.74, 6) is 3.59. The first-order valence-corrected chi connectivity index (χ1v) is 10.8. The topological polar surface area (TPSA) is 62.7 Å². The Morgan fingerprint density at radius 2 is 2.04 bits per heavy atom. The number of rotatable bonds is 4. The van der Waals surface area contributed by atoms with Crippen molar-refractivity contribution in [1.82, 2.24) is 19.6 Å². The molecular formula is C18H31IN6S. The molecule has 8 heteroatoms. The van der Waals surface area contributed by atoms with Crippen molar-refractivity contribution in [2.45, 2.75) is 37.8 Å². The molecule has 3 fully saturated rings. The Labute approximate surface area is 178 Å². The number of nitrogens with two attached hydrogens (primary N) is 1. The minimum Gasteiger partial charge on any atom is -0.370 e. The Morgan fingerprint density at radius 1 is 1.27 bits per heavy atom. The molecular weight excluding hydrogens is 459 g/mol. The van der Waals surface area contributed by atoms with Crippen LogP contribution in [0.3, 0.4) is 0 Å². The predicted molar refractivity (Wildman–Crippen MR) is 119 cm³/mol. The predicted octanol–water partition coefficient (Wildman–Crippen LogP) is 2.32. The molecule has 1 aromatic heterocycles. The number of hydrogen-bond donors (Lipinski definition) is 1. The third-order valence-corrected chi connectivity index (χ3v) is 6.74. The highest BCUT2D eigenvalue weighted by Crippen LogP contribution is 2.42. The number of thioether (sulfide) groups is 1. The molecule has 2 saturated heterocycles. The van der Waals surface area contributed by atoms with Crippen LogP contribution < -0.4 is 5.73 Å². The van der Waals surface area contributed by atoms with Crippen LogP contribution in [0.2, 0.25) is 0 Å². The molecule has 0 bridgehead atoms. The Bertz CT molecular complexity index is 611. The molecule has 2 N–H and O–H groups in total. The Balaban J connectivity index is 0.00000196. The first-order valence-electron chi connectivity index (χ1n) is 9.60. The van der Waals surface area contributed by atoms with E-state index < -0.39 is 0 Å². The van der Waals surface area contributed by atoms with E-state index in [0.717, 1.165) is 43.1 Å². The van der Waals surface area contributed by atoms with E-state index in [1.807, 2.05) is 22.6 Å². The zero-order valence-electron chi connectivity index (χ0n) is 15.6. The lowest BCUT2D eigenvalue weighted by molar-refractivity contribution is 0.0823. The molecule has 146 valence electrons. The minimum absolute atomic E-state index is 0. The van der Waals surface area contributed by atoms with Crippen molar-refractivity contribution in [3.05, 3.63) is 18.0 Å². The molecule has 1 aromatic rings. The third kappa shape index (κ3) is 4.49. The average Bonchev–Trinajstić information content (AvgIpc) is 3.41. The minimum atomic E-state index is 0. The lowest BCUT2D eigenvalue weighted by Crippen LogP contribution is -2.44. The molecule has 3 heterocycles. The van der Waals surface area contributed by atoms with Gasteiger partial charge in [0.15, 0.2) is 5.96 Å². The van der Waals surface area contributed by atoms with E-state index in [9.17, 15) is 0 Å². The maximum absolute atomic E-state index is 6.30. The third-order valence-electron chi connectivity index (χ3n) is 5.80. The second-order valence-corrected chi connectivity index (χ2v) is 8.72. The van der Waals surface area contributed by atoms with Gasteiger partial charge in [0.25, 0.3) is 0 Å². The van der Waals surface area contributed by atoms with E-state index in [2.05, 4.69) is 28.0 Å². The first-order chi connectivity index (χ1) is 12.2. The molecule has 3 aliphatic rings. The summed E-state index contributed by atoms with van der Waals surface area (Å²) in [7, 11) is 2.06. The molecule has 0 radical (unpaired) electrons. The van der Waals surface area contributed by atoms with E-state index in [0.29, 0.717) is 12.0 Å². The smallest absolute Gasteiger partial charge is 0.191 e. The van der Waals surface area contributed by atoms with Gasteiger partial charge in [-0.05, 0) is 44.2 Å². The van der Waals surface area contributed by atoms with Crippen molar-refractivity contribution >= 4 is 41.7 Å². The molecule has 0 amide bonds. The van der Waals surface area contributed by atoms with Crippen molar-refractivity contribution in [2.24, 2.45) is 23.7 Å². The average molecular weight is 490 g/mol. The second kappa shape index (κ2) is 9.14. The highest BCUT2D eigenvalue weighted by atomic mass is 127. The Morgan fingerprint density at radius 3 is 2.69 bits per heavy atom. The van der Waals surface area contributed by atoms with E-state index >= 15 is 0 Å². The van der Waals surface area contributed by atoms with E-state index in [1.54, 1.807) is 0 Å². The molecule has 26 heavy (non-hydrogen) atoms. The van der Waals surface area contributed by atoms with Crippen LogP contribution in [0, 0.1) is 5.92 Å². The van der Waals surface area contributed by atoms with Gasteiger partial charge in [0.1, 0.15) is 0 Å². The summed E-state index contributed by atoms with van der Waals surface area (Å²) in [5.41, 5.74) is 7.64. The molecule has 0 unspecified atom stereocenters. The Hall–Kier alpha value is -0.480. The molecule has 2 aliphatic heterocycles. The van der Waals surface area contributed by atoms with Crippen LogP contribution in [0.4, 0.5) is 0 Å². The van der Waals surface area contributed by atoms with Crippen LogP contribution in [0.25, 0.3) is 0 Å². The van der Waals surface area contributed by atoms with Gasteiger partial charge in [-0.25, -0.2) is 0 Å². The zero-order chi connectivity index (χ0) is 17.2. The summed E-state index contributed by atoms with van der Waals surface area (Å²) >= 11 is 2.00. The maximum Gasteiger partial charge on any atom is 0.191 e. The van der Waals surface area contributed by atoms with Gasteiger partial charge in [-0.1, -0.05) is 0 Å². The fourth-order valence-corrected chi connectivity index (χ4v) is 5.20. The molecule has 4 rings (SSSR count). The van der Waals surface area contributed by atoms with Crippen LogP contribution >= 0.6 is 35.7 Å². The number of aryl methyl sites for hydroxylation is 1. The summed E-state index contributed by atoms with van der Waals surface area (Å²) in [6.07, 6.45) is 7.11. The van der Waals surface area contributed by atoms with E-state index in [4.69, 9.17) is 10.7 Å². The molecule has 1 saturated carbocycles. The number of hydrogen-bond acceptors (Lipinski definition) is 4. The van der Waals surface area contributed by atoms with Gasteiger partial charge in [-0.3, -0.25) is 14.6 Å². The van der Waals surface area contributed by atoms with Crippen molar-refractivity contribution in [3.63, 3.8) is 0 Å². The van der Waals surface area contributed by atoms with Gasteiger partial charge in [0.05, 0.1) is 11.7 Å². The Kier molecular flexibility index (Phi) is 7.12.